The van der Waals surface area contributed by atoms with Gasteiger partial charge in [-0.2, -0.15) is 8.78 Å². The van der Waals surface area contributed by atoms with Crippen molar-refractivity contribution >= 4 is 51.2 Å². The number of rotatable bonds is 17. The van der Waals surface area contributed by atoms with Crippen LogP contribution in [0.5, 0.6) is 0 Å². The molecule has 0 bridgehead atoms. The molecule has 4 N–H and O–H groups in total. The number of halogens is 3. The fourth-order valence-electron chi connectivity index (χ4n) is 6.47. The Kier molecular flexibility index (Phi) is 14.9. The average Bonchev–Trinajstić information content (AvgIpc) is 3.59. The number of alkyl halides is 2. The molecule has 0 spiro atoms. The monoisotopic (exact) mass is 832 g/mol. The minimum Gasteiger partial charge on any atom is -0.461 e. The second-order valence-corrected chi connectivity index (χ2v) is 16.7. The van der Waals surface area contributed by atoms with E-state index in [9.17, 15) is 46.3 Å². The van der Waals surface area contributed by atoms with Gasteiger partial charge in [0.05, 0.1) is 24.1 Å². The predicted octanol–water partition coefficient (Wildman–Crippen LogP) is 4.30. The number of hydrogen-bond donors (Lipinski definition) is 4. The van der Waals surface area contributed by atoms with E-state index < -0.39 is 82.2 Å². The van der Waals surface area contributed by atoms with Crippen molar-refractivity contribution in [2.75, 3.05) is 13.2 Å². The fraction of sp³-hybridized carbons (Fsp3) is 0.425. The van der Waals surface area contributed by atoms with E-state index in [1.54, 1.807) is 27.7 Å². The van der Waals surface area contributed by atoms with E-state index in [1.807, 2.05) is 29.0 Å². The van der Waals surface area contributed by atoms with Crippen molar-refractivity contribution in [2.45, 2.75) is 88.9 Å². The summed E-state index contributed by atoms with van der Waals surface area (Å²) in [6, 6.07) is 14.4. The number of esters is 1. The van der Waals surface area contributed by atoms with Crippen LogP contribution in [0.1, 0.15) is 72.9 Å². The summed E-state index contributed by atoms with van der Waals surface area (Å²) in [5, 5.41) is 16.1. The summed E-state index contributed by atoms with van der Waals surface area (Å²) < 4.78 is 61.7. The summed E-state index contributed by atoms with van der Waals surface area (Å²) >= 11 is 5.83. The molecule has 0 radical (unpaired) electrons. The Bertz CT molecular complexity index is 2020. The number of nitrogens with zero attached hydrogens (tertiary/aromatic N) is 1. The Hall–Kier alpha value is -4.93. The van der Waals surface area contributed by atoms with E-state index in [-0.39, 0.29) is 35.0 Å². The number of carbonyl (C=O) groups excluding carboxylic acids is 5. The van der Waals surface area contributed by atoms with Crippen molar-refractivity contribution in [3.8, 4) is 0 Å². The van der Waals surface area contributed by atoms with Gasteiger partial charge in [0.25, 0.3) is 21.8 Å². The van der Waals surface area contributed by atoms with Crippen LogP contribution in [-0.2, 0) is 42.0 Å². The number of aliphatic hydroxyl groups is 1. The summed E-state index contributed by atoms with van der Waals surface area (Å²) in [4.78, 5) is 67.6. The first-order valence-corrected chi connectivity index (χ1v) is 20.2. The maximum atomic E-state index is 15.0. The lowest BCUT2D eigenvalue weighted by Crippen LogP contribution is -2.59. The first kappa shape index (κ1) is 44.8. The number of nitrogens with one attached hydrogen (secondary N) is 3. The quantitative estimate of drug-likeness (QED) is 0.144. The zero-order valence-electron chi connectivity index (χ0n) is 32.1. The molecule has 0 saturated carbocycles. The molecule has 57 heavy (non-hydrogen) atoms. The maximum absolute atomic E-state index is 15.0. The third kappa shape index (κ3) is 11.4. The van der Waals surface area contributed by atoms with Crippen LogP contribution in [0.2, 0.25) is 5.02 Å². The molecule has 0 saturated heterocycles. The van der Waals surface area contributed by atoms with E-state index in [1.165, 1.54) is 60.4 Å². The topological polar surface area (TPSA) is 188 Å². The third-order valence-electron chi connectivity index (χ3n) is 9.42. The molecule has 0 aliphatic heterocycles. The van der Waals surface area contributed by atoms with Crippen LogP contribution >= 0.6 is 11.6 Å². The molecule has 4 amide bonds. The number of amides is 4. The van der Waals surface area contributed by atoms with Crippen LogP contribution in [0.4, 0.5) is 8.78 Å². The van der Waals surface area contributed by atoms with Gasteiger partial charge >= 0.3 is 11.9 Å². The largest absolute Gasteiger partial charge is 0.461 e. The van der Waals surface area contributed by atoms with Crippen LogP contribution in [0, 0.1) is 11.8 Å². The first-order chi connectivity index (χ1) is 26.7. The number of ether oxygens (including phenoxy) is 1. The Morgan fingerprint density at radius 3 is 1.93 bits per heavy atom. The van der Waals surface area contributed by atoms with E-state index in [0.717, 1.165) is 11.1 Å². The van der Waals surface area contributed by atoms with Crippen molar-refractivity contribution < 1.29 is 51.0 Å². The number of benzene rings is 3. The third-order valence-corrected chi connectivity index (χ3v) is 11.0. The van der Waals surface area contributed by atoms with Gasteiger partial charge in [-0.3, -0.25) is 19.2 Å². The molecule has 0 aromatic heterocycles. The van der Waals surface area contributed by atoms with Gasteiger partial charge in [0.2, 0.25) is 11.8 Å². The molecule has 4 rings (SSSR count). The van der Waals surface area contributed by atoms with Crippen LogP contribution in [0.25, 0.3) is 0 Å². The van der Waals surface area contributed by atoms with Gasteiger partial charge in [0.15, 0.2) is 0 Å². The van der Waals surface area contributed by atoms with Gasteiger partial charge in [-0.05, 0) is 97.7 Å². The first-order valence-electron chi connectivity index (χ1n) is 18.4. The standard InChI is InChI=1S/C40H47ClF2N4O9S/c1-6-56-39(53)40(42,43)35(49)32(19-23(2)3)44-33(48)22-47(30-20-27-9-7-8-10-28(27)21-30)38(52)34(24(4)5)45-36(50)25-11-13-26(14-12-25)37(51)46-57(54,55)31-17-15-29(41)16-18-31/h7-18,23-24,30,32,34-35,49H,6,19-22H2,1-5H3,(H,44,48)(H,45,50)(H,46,51)/t32-,34-,35?/m0/s1. The minimum atomic E-state index is -4.34. The highest BCUT2D eigenvalue weighted by molar-refractivity contribution is 7.90. The Morgan fingerprint density at radius 1 is 0.877 bits per heavy atom. The van der Waals surface area contributed by atoms with Gasteiger partial charge in [0.1, 0.15) is 12.1 Å². The van der Waals surface area contributed by atoms with E-state index in [2.05, 4.69) is 15.4 Å². The molecule has 3 atom stereocenters. The summed E-state index contributed by atoms with van der Waals surface area (Å²) in [6.07, 6.45) is -2.03. The molecule has 3 aromatic rings. The number of hydrogen-bond acceptors (Lipinski definition) is 9. The Morgan fingerprint density at radius 2 is 1.42 bits per heavy atom. The summed E-state index contributed by atoms with van der Waals surface area (Å²) in [5.41, 5.74) is 1.85. The van der Waals surface area contributed by atoms with E-state index in [0.29, 0.717) is 17.9 Å². The van der Waals surface area contributed by atoms with Crippen LogP contribution in [-0.4, -0.2) is 91.3 Å². The van der Waals surface area contributed by atoms with Crippen molar-refractivity contribution in [3.05, 3.63) is 100 Å². The number of fused-ring (bicyclic) bond motifs is 1. The summed E-state index contributed by atoms with van der Waals surface area (Å²) in [6.45, 7) is 7.11. The average molecular weight is 833 g/mol. The lowest BCUT2D eigenvalue weighted by Gasteiger charge is -2.35. The molecule has 308 valence electrons. The highest BCUT2D eigenvalue weighted by Crippen LogP contribution is 2.28. The van der Waals surface area contributed by atoms with E-state index >= 15 is 0 Å². The van der Waals surface area contributed by atoms with Gasteiger partial charge in [-0.25, -0.2) is 17.9 Å². The molecule has 1 aliphatic rings. The molecule has 1 aliphatic carbocycles. The second kappa shape index (κ2) is 19.0. The SMILES string of the molecule is CCOC(=O)C(F)(F)C(O)[C@H](CC(C)C)NC(=O)CN(C(=O)[C@@H](NC(=O)c1ccc(C(=O)NS(=O)(=O)c2ccc(Cl)cc2)cc1)C(C)C)C1Cc2ccccc2C1. The van der Waals surface area contributed by atoms with Crippen molar-refractivity contribution in [2.24, 2.45) is 11.8 Å². The molecular formula is C40H47ClF2N4O9S. The number of aliphatic hydroxyl groups excluding tert-OH is 1. The smallest absolute Gasteiger partial charge is 0.379 e. The molecular weight excluding hydrogens is 786 g/mol. The maximum Gasteiger partial charge on any atom is 0.379 e. The number of sulfonamides is 1. The Balaban J connectivity index is 1.54. The summed E-state index contributed by atoms with van der Waals surface area (Å²) in [7, 11) is -4.23. The molecule has 1 unspecified atom stereocenters. The van der Waals surface area contributed by atoms with Gasteiger partial charge in [0, 0.05) is 22.2 Å². The van der Waals surface area contributed by atoms with Crippen LogP contribution < -0.4 is 15.4 Å². The normalized spacial score (nSPS) is 14.6. The van der Waals surface area contributed by atoms with Crippen LogP contribution in [0.15, 0.2) is 77.7 Å². The van der Waals surface area contributed by atoms with Crippen LogP contribution in [0.3, 0.4) is 0 Å². The highest BCUT2D eigenvalue weighted by Gasteiger charge is 2.52. The molecule has 0 fully saturated rings. The van der Waals surface area contributed by atoms with Gasteiger partial charge in [-0.15, -0.1) is 0 Å². The summed E-state index contributed by atoms with van der Waals surface area (Å²) in [5.74, 6) is -10.2. The molecule has 3 aromatic carbocycles. The minimum absolute atomic E-state index is 0.0381. The fourth-order valence-corrected chi connectivity index (χ4v) is 7.57. The molecule has 17 heteroatoms. The van der Waals surface area contributed by atoms with Crippen molar-refractivity contribution in [1.29, 1.82) is 0 Å². The lowest BCUT2D eigenvalue weighted by molar-refractivity contribution is -0.192. The second-order valence-electron chi connectivity index (χ2n) is 14.5. The Labute approximate surface area is 335 Å². The zero-order chi connectivity index (χ0) is 42.2. The number of carbonyl (C=O) groups is 5. The van der Waals surface area contributed by atoms with Gasteiger partial charge in [-0.1, -0.05) is 63.6 Å². The highest BCUT2D eigenvalue weighted by atomic mass is 35.5. The lowest BCUT2D eigenvalue weighted by atomic mass is 9.95. The van der Waals surface area contributed by atoms with Gasteiger partial charge < -0.3 is 25.4 Å². The van der Waals surface area contributed by atoms with E-state index in [4.69, 9.17) is 11.6 Å². The zero-order valence-corrected chi connectivity index (χ0v) is 33.7. The molecule has 13 nitrogen and oxygen atoms in total. The van der Waals surface area contributed by atoms with Crippen molar-refractivity contribution in [3.63, 3.8) is 0 Å². The van der Waals surface area contributed by atoms with Crippen molar-refractivity contribution in [1.82, 2.24) is 20.3 Å². The molecule has 0 heterocycles. The predicted molar refractivity (Wildman–Crippen MR) is 207 cm³/mol.